The van der Waals surface area contributed by atoms with Crippen LogP contribution in [-0.2, 0) is 19.1 Å². The summed E-state index contributed by atoms with van der Waals surface area (Å²) in [6.07, 6.45) is 0.168. The van der Waals surface area contributed by atoms with Crippen LogP contribution in [0.3, 0.4) is 0 Å². The lowest BCUT2D eigenvalue weighted by Crippen LogP contribution is -2.33. The van der Waals surface area contributed by atoms with Gasteiger partial charge in [0.05, 0.1) is 33.9 Å². The maximum atomic E-state index is 11.8. The predicted molar refractivity (Wildman–Crippen MR) is 89.6 cm³/mol. The number of esters is 2. The first-order valence-electron chi connectivity index (χ1n) is 7.83. The Morgan fingerprint density at radius 1 is 0.958 bits per heavy atom. The van der Waals surface area contributed by atoms with Gasteiger partial charge in [0.1, 0.15) is 6.54 Å². The van der Waals surface area contributed by atoms with Gasteiger partial charge in [-0.15, -0.1) is 0 Å². The van der Waals surface area contributed by atoms with E-state index in [0.717, 1.165) is 5.69 Å². The van der Waals surface area contributed by atoms with E-state index in [1.54, 1.807) is 44.1 Å². The Kier molecular flexibility index (Phi) is 8.46. The van der Waals surface area contributed by atoms with E-state index >= 15 is 0 Å². The van der Waals surface area contributed by atoms with E-state index in [1.807, 2.05) is 0 Å². The molecule has 0 saturated heterocycles. The Hall–Kier alpha value is -2.44. The van der Waals surface area contributed by atoms with Gasteiger partial charge in [-0.1, -0.05) is 0 Å². The zero-order chi connectivity index (χ0) is 17.9. The Bertz CT molecular complexity index is 546. The molecule has 0 N–H and O–H groups in total. The van der Waals surface area contributed by atoms with E-state index in [2.05, 4.69) is 0 Å². The minimum Gasteiger partial charge on any atom is -0.493 e. The van der Waals surface area contributed by atoms with Crippen molar-refractivity contribution >= 4 is 17.6 Å². The number of benzene rings is 1. The summed E-state index contributed by atoms with van der Waals surface area (Å²) >= 11 is 0. The van der Waals surface area contributed by atoms with E-state index in [1.165, 1.54) is 7.11 Å². The summed E-state index contributed by atoms with van der Waals surface area (Å²) in [5.74, 6) is 0.450. The van der Waals surface area contributed by atoms with Crippen LogP contribution in [0.2, 0.25) is 0 Å². The molecule has 24 heavy (non-hydrogen) atoms. The van der Waals surface area contributed by atoms with Gasteiger partial charge in [0.15, 0.2) is 11.5 Å². The molecule has 0 aliphatic carbocycles. The van der Waals surface area contributed by atoms with Gasteiger partial charge in [-0.25, -0.2) is 0 Å². The molecule has 0 aliphatic rings. The fourth-order valence-corrected chi connectivity index (χ4v) is 2.14. The highest BCUT2D eigenvalue weighted by atomic mass is 16.5. The average Bonchev–Trinajstić information content (AvgIpc) is 2.58. The number of ether oxygens (including phenoxy) is 4. The molecule has 1 aromatic rings. The van der Waals surface area contributed by atoms with Gasteiger partial charge < -0.3 is 23.8 Å². The highest BCUT2D eigenvalue weighted by molar-refractivity contribution is 5.77. The number of carbonyl (C=O) groups is 2. The van der Waals surface area contributed by atoms with Gasteiger partial charge >= 0.3 is 11.9 Å². The Morgan fingerprint density at radius 2 is 1.58 bits per heavy atom. The number of carbonyl (C=O) groups excluding carboxylic acids is 2. The van der Waals surface area contributed by atoms with Gasteiger partial charge in [-0.3, -0.25) is 9.59 Å². The third kappa shape index (κ3) is 5.98. The van der Waals surface area contributed by atoms with Crippen molar-refractivity contribution in [2.24, 2.45) is 0 Å². The van der Waals surface area contributed by atoms with Crippen LogP contribution in [0.1, 0.15) is 20.3 Å². The van der Waals surface area contributed by atoms with E-state index < -0.39 is 0 Å². The quantitative estimate of drug-likeness (QED) is 0.604. The lowest BCUT2D eigenvalue weighted by Gasteiger charge is -2.24. The SMILES string of the molecule is CCOC(=O)CCN(CC(=O)OCC)c1ccc(OC)c(OC)c1. The first kappa shape index (κ1) is 19.6. The molecule has 0 aromatic heterocycles. The second-order valence-electron chi connectivity index (χ2n) is 4.82. The van der Waals surface area contributed by atoms with E-state index in [9.17, 15) is 9.59 Å². The molecule has 1 aromatic carbocycles. The third-order valence-electron chi connectivity index (χ3n) is 3.25. The van der Waals surface area contributed by atoms with E-state index in [-0.39, 0.29) is 24.9 Å². The number of hydrogen-bond acceptors (Lipinski definition) is 7. The molecule has 0 radical (unpaired) electrons. The van der Waals surface area contributed by atoms with Crippen molar-refractivity contribution in [2.45, 2.75) is 20.3 Å². The molecule has 1 rings (SSSR count). The lowest BCUT2D eigenvalue weighted by atomic mass is 10.2. The van der Waals surface area contributed by atoms with Crippen LogP contribution in [0.25, 0.3) is 0 Å². The lowest BCUT2D eigenvalue weighted by molar-refractivity contribution is -0.144. The molecule has 0 bridgehead atoms. The molecule has 7 heteroatoms. The first-order chi connectivity index (χ1) is 11.5. The highest BCUT2D eigenvalue weighted by Crippen LogP contribution is 2.31. The van der Waals surface area contributed by atoms with E-state index in [4.69, 9.17) is 18.9 Å². The molecule has 0 fully saturated rings. The minimum absolute atomic E-state index is 0.0305. The van der Waals surface area contributed by atoms with Gasteiger partial charge in [-0.05, 0) is 26.0 Å². The zero-order valence-electron chi connectivity index (χ0n) is 14.7. The third-order valence-corrected chi connectivity index (χ3v) is 3.25. The fourth-order valence-electron chi connectivity index (χ4n) is 2.14. The smallest absolute Gasteiger partial charge is 0.325 e. The molecule has 0 saturated carbocycles. The molecule has 0 heterocycles. The number of methoxy groups -OCH3 is 2. The zero-order valence-corrected chi connectivity index (χ0v) is 14.7. The molecule has 0 aliphatic heterocycles. The largest absolute Gasteiger partial charge is 0.493 e. The topological polar surface area (TPSA) is 74.3 Å². The van der Waals surface area contributed by atoms with Crippen molar-refractivity contribution in [1.82, 2.24) is 0 Å². The second kappa shape index (κ2) is 10.4. The van der Waals surface area contributed by atoms with Crippen molar-refractivity contribution < 1.29 is 28.5 Å². The number of anilines is 1. The molecular weight excluding hydrogens is 314 g/mol. The molecule has 134 valence electrons. The van der Waals surface area contributed by atoms with Crippen molar-refractivity contribution in [3.63, 3.8) is 0 Å². The Balaban J connectivity index is 2.94. The molecule has 0 spiro atoms. The molecule has 7 nitrogen and oxygen atoms in total. The summed E-state index contributed by atoms with van der Waals surface area (Å²) in [5, 5.41) is 0. The van der Waals surface area contributed by atoms with Crippen molar-refractivity contribution in [1.29, 1.82) is 0 Å². The fraction of sp³-hybridized carbons (Fsp3) is 0.529. The number of nitrogens with zero attached hydrogens (tertiary/aromatic N) is 1. The van der Waals surface area contributed by atoms with Gasteiger partial charge in [-0.2, -0.15) is 0 Å². The summed E-state index contributed by atoms with van der Waals surface area (Å²) < 4.78 is 20.4. The van der Waals surface area contributed by atoms with Crippen LogP contribution in [-0.4, -0.2) is 52.5 Å². The Morgan fingerprint density at radius 3 is 2.17 bits per heavy atom. The summed E-state index contributed by atoms with van der Waals surface area (Å²) in [6.45, 7) is 4.49. The van der Waals surface area contributed by atoms with Crippen molar-refractivity contribution in [3.05, 3.63) is 18.2 Å². The van der Waals surface area contributed by atoms with Crippen LogP contribution >= 0.6 is 0 Å². The van der Waals surface area contributed by atoms with E-state index in [0.29, 0.717) is 31.3 Å². The van der Waals surface area contributed by atoms with Gasteiger partial charge in [0.2, 0.25) is 0 Å². The summed E-state index contributed by atoms with van der Waals surface area (Å²) in [5.41, 5.74) is 0.727. The summed E-state index contributed by atoms with van der Waals surface area (Å²) in [4.78, 5) is 25.2. The molecule has 0 amide bonds. The van der Waals surface area contributed by atoms with Gasteiger partial charge in [0, 0.05) is 18.3 Å². The number of rotatable bonds is 10. The maximum absolute atomic E-state index is 11.8. The van der Waals surface area contributed by atoms with Crippen LogP contribution in [0.15, 0.2) is 18.2 Å². The summed E-state index contributed by atoms with van der Waals surface area (Å²) in [7, 11) is 3.09. The maximum Gasteiger partial charge on any atom is 0.325 e. The van der Waals surface area contributed by atoms with Crippen LogP contribution in [0.4, 0.5) is 5.69 Å². The molecule has 0 atom stereocenters. The second-order valence-corrected chi connectivity index (χ2v) is 4.82. The monoisotopic (exact) mass is 339 g/mol. The highest BCUT2D eigenvalue weighted by Gasteiger charge is 2.16. The molecular formula is C17H25NO6. The minimum atomic E-state index is -0.365. The van der Waals surface area contributed by atoms with Gasteiger partial charge in [0.25, 0.3) is 0 Å². The standard InChI is InChI=1S/C17H25NO6/c1-5-23-16(19)9-10-18(12-17(20)24-6-2)13-7-8-14(21-3)15(11-13)22-4/h7-8,11H,5-6,9-10,12H2,1-4H3. The summed E-state index contributed by atoms with van der Waals surface area (Å²) in [6, 6.07) is 5.30. The van der Waals surface area contributed by atoms with Crippen molar-refractivity contribution in [2.75, 3.05) is 45.4 Å². The molecule has 0 unspecified atom stereocenters. The first-order valence-corrected chi connectivity index (χ1v) is 7.83. The van der Waals surface area contributed by atoms with Crippen LogP contribution < -0.4 is 14.4 Å². The van der Waals surface area contributed by atoms with Crippen LogP contribution in [0.5, 0.6) is 11.5 Å². The number of hydrogen-bond donors (Lipinski definition) is 0. The predicted octanol–water partition coefficient (Wildman–Crippen LogP) is 2.03. The average molecular weight is 339 g/mol. The van der Waals surface area contributed by atoms with Crippen molar-refractivity contribution in [3.8, 4) is 11.5 Å². The van der Waals surface area contributed by atoms with Crippen LogP contribution in [0, 0.1) is 0 Å². The normalized spacial score (nSPS) is 10.0. The Labute approximate surface area is 142 Å².